The molecule has 1 N–H and O–H groups in total. The van der Waals surface area contributed by atoms with Gasteiger partial charge in [0, 0.05) is 22.2 Å². The van der Waals surface area contributed by atoms with Gasteiger partial charge in [-0.05, 0) is 52.3 Å². The minimum atomic E-state index is -0.609. The maximum atomic E-state index is 13.1. The van der Waals surface area contributed by atoms with Gasteiger partial charge in [0.15, 0.2) is 5.78 Å². The van der Waals surface area contributed by atoms with Crippen LogP contribution in [-0.2, 0) is 4.74 Å². The summed E-state index contributed by atoms with van der Waals surface area (Å²) in [6.45, 7) is 9.26. The summed E-state index contributed by atoms with van der Waals surface area (Å²) in [5, 5.41) is 0.621. The molecule has 0 amide bonds. The molecule has 4 nitrogen and oxygen atoms in total. The van der Waals surface area contributed by atoms with Crippen LogP contribution in [0.1, 0.15) is 58.3 Å². The Labute approximate surface area is 153 Å². The lowest BCUT2D eigenvalue weighted by Crippen LogP contribution is -2.24. The fourth-order valence-electron chi connectivity index (χ4n) is 3.12. The van der Waals surface area contributed by atoms with Gasteiger partial charge in [-0.2, -0.15) is 0 Å². The van der Waals surface area contributed by atoms with E-state index in [1.807, 2.05) is 58.9 Å². The molecule has 0 radical (unpaired) electrons. The van der Waals surface area contributed by atoms with Gasteiger partial charge in [-0.25, -0.2) is 4.79 Å². The van der Waals surface area contributed by atoms with Crippen LogP contribution in [0.4, 0.5) is 0 Å². The van der Waals surface area contributed by atoms with Gasteiger partial charge in [-0.1, -0.05) is 30.3 Å². The van der Waals surface area contributed by atoms with E-state index < -0.39 is 11.6 Å². The number of fused-ring (bicyclic) bond motifs is 1. The number of ether oxygens (including phenoxy) is 1. The number of aromatic amines is 1. The number of hydrogen-bond donors (Lipinski definition) is 1. The molecule has 1 aromatic heterocycles. The molecule has 0 aliphatic rings. The summed E-state index contributed by atoms with van der Waals surface area (Å²) in [6.07, 6.45) is 0. The third kappa shape index (κ3) is 3.40. The number of hydrogen-bond acceptors (Lipinski definition) is 3. The Morgan fingerprint density at radius 1 is 1.00 bits per heavy atom. The predicted octanol–water partition coefficient (Wildman–Crippen LogP) is 4.97. The second-order valence-corrected chi connectivity index (χ2v) is 7.56. The van der Waals surface area contributed by atoms with Crippen molar-refractivity contribution in [1.29, 1.82) is 0 Å². The van der Waals surface area contributed by atoms with Crippen LogP contribution in [-0.4, -0.2) is 22.3 Å². The van der Waals surface area contributed by atoms with Crippen molar-refractivity contribution in [1.82, 2.24) is 4.98 Å². The smallest absolute Gasteiger partial charge is 0.339 e. The highest BCUT2D eigenvalue weighted by atomic mass is 16.6. The van der Waals surface area contributed by atoms with Crippen LogP contribution in [0.3, 0.4) is 0 Å². The molecule has 134 valence electrons. The van der Waals surface area contributed by atoms with Crippen molar-refractivity contribution in [2.75, 3.05) is 0 Å². The SMILES string of the molecule is Cc1cc(C(=O)OC(C)(C)C)c2c(C(=O)c3ccccc3)c(C)[nH]c2c1. The zero-order valence-corrected chi connectivity index (χ0v) is 15.8. The van der Waals surface area contributed by atoms with Crippen molar-refractivity contribution in [3.63, 3.8) is 0 Å². The van der Waals surface area contributed by atoms with E-state index >= 15 is 0 Å². The third-order valence-electron chi connectivity index (χ3n) is 4.11. The maximum absolute atomic E-state index is 13.1. The van der Waals surface area contributed by atoms with Crippen LogP contribution < -0.4 is 0 Å². The topological polar surface area (TPSA) is 59.2 Å². The van der Waals surface area contributed by atoms with Crippen molar-refractivity contribution < 1.29 is 14.3 Å². The van der Waals surface area contributed by atoms with Crippen LogP contribution in [0.25, 0.3) is 10.9 Å². The minimum absolute atomic E-state index is 0.108. The fourth-order valence-corrected chi connectivity index (χ4v) is 3.12. The lowest BCUT2D eigenvalue weighted by Gasteiger charge is -2.20. The molecule has 3 rings (SSSR count). The van der Waals surface area contributed by atoms with E-state index in [-0.39, 0.29) is 5.78 Å². The van der Waals surface area contributed by atoms with Gasteiger partial charge in [0.1, 0.15) is 5.60 Å². The molecule has 3 aromatic rings. The Morgan fingerprint density at radius 2 is 1.65 bits per heavy atom. The highest BCUT2D eigenvalue weighted by molar-refractivity contribution is 6.21. The molecule has 1 heterocycles. The van der Waals surface area contributed by atoms with E-state index in [0.717, 1.165) is 16.8 Å². The molecule has 0 fully saturated rings. The van der Waals surface area contributed by atoms with Gasteiger partial charge in [0.2, 0.25) is 0 Å². The number of ketones is 1. The molecule has 0 aliphatic carbocycles. The summed E-state index contributed by atoms with van der Waals surface area (Å²) in [5.74, 6) is -0.532. The Hall–Kier alpha value is -2.88. The average Bonchev–Trinajstić information content (AvgIpc) is 2.88. The summed E-state index contributed by atoms with van der Waals surface area (Å²) >= 11 is 0. The quantitative estimate of drug-likeness (QED) is 0.536. The zero-order valence-electron chi connectivity index (χ0n) is 15.8. The number of carbonyl (C=O) groups excluding carboxylic acids is 2. The molecule has 4 heteroatoms. The molecule has 0 unspecified atom stereocenters. The lowest BCUT2D eigenvalue weighted by molar-refractivity contribution is 0.00717. The zero-order chi connectivity index (χ0) is 19.1. The van der Waals surface area contributed by atoms with Crippen LogP contribution in [0, 0.1) is 13.8 Å². The second-order valence-electron chi connectivity index (χ2n) is 7.56. The van der Waals surface area contributed by atoms with Gasteiger partial charge in [-0.15, -0.1) is 0 Å². The normalized spacial score (nSPS) is 11.6. The van der Waals surface area contributed by atoms with Crippen LogP contribution in [0.5, 0.6) is 0 Å². The number of aryl methyl sites for hydroxylation is 2. The third-order valence-corrected chi connectivity index (χ3v) is 4.11. The number of H-pyrrole nitrogens is 1. The van der Waals surface area contributed by atoms with Crippen LogP contribution in [0.2, 0.25) is 0 Å². The molecule has 0 bridgehead atoms. The van der Waals surface area contributed by atoms with E-state index in [4.69, 9.17) is 4.74 Å². The summed E-state index contributed by atoms with van der Waals surface area (Å²) in [4.78, 5) is 29.2. The number of rotatable bonds is 3. The van der Waals surface area contributed by atoms with E-state index in [2.05, 4.69) is 4.98 Å². The van der Waals surface area contributed by atoms with Crippen molar-refractivity contribution >= 4 is 22.7 Å². The number of carbonyl (C=O) groups is 2. The molecule has 0 spiro atoms. The van der Waals surface area contributed by atoms with E-state index in [1.165, 1.54) is 0 Å². The second kappa shape index (κ2) is 6.45. The summed E-state index contributed by atoms with van der Waals surface area (Å²) < 4.78 is 5.57. The number of nitrogens with one attached hydrogen (secondary N) is 1. The molecule has 2 aromatic carbocycles. The molecular formula is C22H23NO3. The largest absolute Gasteiger partial charge is 0.456 e. The number of aromatic nitrogens is 1. The van der Waals surface area contributed by atoms with Gasteiger partial charge in [0.05, 0.1) is 11.1 Å². The highest BCUT2D eigenvalue weighted by Crippen LogP contribution is 2.30. The minimum Gasteiger partial charge on any atom is -0.456 e. The highest BCUT2D eigenvalue weighted by Gasteiger charge is 2.26. The van der Waals surface area contributed by atoms with Gasteiger partial charge < -0.3 is 9.72 Å². The lowest BCUT2D eigenvalue weighted by atomic mass is 9.96. The van der Waals surface area contributed by atoms with E-state index in [0.29, 0.717) is 22.1 Å². The molecule has 0 aliphatic heterocycles. The first-order chi connectivity index (χ1) is 12.2. The molecule has 26 heavy (non-hydrogen) atoms. The van der Waals surface area contributed by atoms with Crippen LogP contribution >= 0.6 is 0 Å². The molecule has 0 atom stereocenters. The van der Waals surface area contributed by atoms with Gasteiger partial charge >= 0.3 is 5.97 Å². The first-order valence-corrected chi connectivity index (χ1v) is 8.63. The standard InChI is InChI=1S/C22H23NO3/c1-13-11-16(21(25)26-22(3,4)5)19-17(12-13)23-14(2)18(19)20(24)15-9-7-6-8-10-15/h6-12,23H,1-5H3. The van der Waals surface area contributed by atoms with Crippen molar-refractivity contribution in [2.24, 2.45) is 0 Å². The van der Waals surface area contributed by atoms with Gasteiger partial charge in [0.25, 0.3) is 0 Å². The average molecular weight is 349 g/mol. The summed E-state index contributed by atoms with van der Waals surface area (Å²) in [5.41, 5.74) is 3.35. The number of benzene rings is 2. The number of esters is 1. The fraction of sp³-hybridized carbons (Fsp3) is 0.273. The first-order valence-electron chi connectivity index (χ1n) is 8.63. The Bertz CT molecular complexity index is 992. The summed E-state index contributed by atoms with van der Waals surface area (Å²) in [6, 6.07) is 12.8. The van der Waals surface area contributed by atoms with Crippen molar-refractivity contribution in [3.8, 4) is 0 Å². The van der Waals surface area contributed by atoms with Crippen molar-refractivity contribution in [3.05, 3.63) is 70.4 Å². The van der Waals surface area contributed by atoms with E-state index in [1.54, 1.807) is 18.2 Å². The Morgan fingerprint density at radius 3 is 2.27 bits per heavy atom. The van der Waals surface area contributed by atoms with E-state index in [9.17, 15) is 9.59 Å². The van der Waals surface area contributed by atoms with Gasteiger partial charge in [-0.3, -0.25) is 4.79 Å². The molecule has 0 saturated carbocycles. The predicted molar refractivity (Wildman–Crippen MR) is 103 cm³/mol. The maximum Gasteiger partial charge on any atom is 0.339 e. The molecule has 0 saturated heterocycles. The molecular weight excluding hydrogens is 326 g/mol. The Kier molecular flexibility index (Phi) is 4.45. The Balaban J connectivity index is 2.23. The van der Waals surface area contributed by atoms with Crippen molar-refractivity contribution in [2.45, 2.75) is 40.2 Å². The monoisotopic (exact) mass is 349 g/mol. The van der Waals surface area contributed by atoms with Crippen LogP contribution in [0.15, 0.2) is 42.5 Å². The first kappa shape index (κ1) is 17.9. The summed E-state index contributed by atoms with van der Waals surface area (Å²) in [7, 11) is 0.